The van der Waals surface area contributed by atoms with Crippen molar-refractivity contribution in [3.8, 4) is 0 Å². The van der Waals surface area contributed by atoms with Crippen molar-refractivity contribution in [3.05, 3.63) is 70.5 Å². The maximum absolute atomic E-state index is 12.8. The van der Waals surface area contributed by atoms with Gasteiger partial charge in [0.25, 0.3) is 5.91 Å². The summed E-state index contributed by atoms with van der Waals surface area (Å²) in [6.07, 6.45) is 0.568. The molecule has 1 aromatic heterocycles. The maximum Gasteiger partial charge on any atom is 0.251 e. The first-order valence-electron chi connectivity index (χ1n) is 10.3. The lowest BCUT2D eigenvalue weighted by atomic mass is 10.1. The first-order chi connectivity index (χ1) is 15.8. The Morgan fingerprint density at radius 3 is 2.48 bits per heavy atom. The molecule has 172 valence electrons. The van der Waals surface area contributed by atoms with Crippen LogP contribution in [0, 0.1) is 0 Å². The quantitative estimate of drug-likeness (QED) is 0.349. The largest absolute Gasteiger partial charge is 0.345 e. The Labute approximate surface area is 201 Å². The minimum absolute atomic E-state index is 0.0673. The fourth-order valence-electron chi connectivity index (χ4n) is 2.95. The monoisotopic (exact) mass is 485 g/mol. The molecule has 0 fully saturated rings. The van der Waals surface area contributed by atoms with Crippen molar-refractivity contribution < 1.29 is 14.4 Å². The number of aromatic nitrogens is 3. The molecule has 2 aromatic carbocycles. The molecule has 0 aliphatic carbocycles. The molecule has 2 amide bonds. The number of carbonyl (C=O) groups excluding carboxylic acids is 3. The second kappa shape index (κ2) is 11.1. The molecular formula is C23H24ClN5O3S. The van der Waals surface area contributed by atoms with E-state index >= 15 is 0 Å². The van der Waals surface area contributed by atoms with Crippen LogP contribution in [-0.2, 0) is 18.4 Å². The summed E-state index contributed by atoms with van der Waals surface area (Å²) in [5, 5.41) is 14.7. The predicted octanol–water partition coefficient (Wildman–Crippen LogP) is 4.11. The number of carbonyl (C=O) groups is 3. The molecule has 1 heterocycles. The van der Waals surface area contributed by atoms with Gasteiger partial charge in [-0.15, -0.1) is 10.2 Å². The molecule has 0 bridgehead atoms. The Morgan fingerprint density at radius 2 is 1.82 bits per heavy atom. The van der Waals surface area contributed by atoms with E-state index in [1.807, 2.05) is 6.92 Å². The summed E-state index contributed by atoms with van der Waals surface area (Å²) in [4.78, 5) is 36.7. The van der Waals surface area contributed by atoms with Crippen molar-refractivity contribution in [2.24, 2.45) is 7.05 Å². The van der Waals surface area contributed by atoms with Gasteiger partial charge in [0.05, 0.1) is 11.8 Å². The van der Waals surface area contributed by atoms with Crippen LogP contribution in [0.5, 0.6) is 0 Å². The van der Waals surface area contributed by atoms with E-state index in [0.717, 1.165) is 0 Å². The van der Waals surface area contributed by atoms with Gasteiger partial charge in [-0.1, -0.05) is 42.4 Å². The van der Waals surface area contributed by atoms with Gasteiger partial charge in [-0.2, -0.15) is 0 Å². The number of ketones is 1. The lowest BCUT2D eigenvalue weighted by Gasteiger charge is -2.14. The molecule has 3 rings (SSSR count). The Kier molecular flexibility index (Phi) is 8.24. The third-order valence-corrected chi connectivity index (χ3v) is 6.54. The Balaban J connectivity index is 1.62. The molecule has 0 saturated heterocycles. The summed E-state index contributed by atoms with van der Waals surface area (Å²) in [6.45, 7) is 3.58. The van der Waals surface area contributed by atoms with Crippen LogP contribution in [0.2, 0.25) is 5.02 Å². The normalized spacial score (nSPS) is 11.6. The zero-order valence-corrected chi connectivity index (χ0v) is 20.0. The molecule has 0 radical (unpaired) electrons. The van der Waals surface area contributed by atoms with Gasteiger partial charge in [0.1, 0.15) is 0 Å². The molecule has 0 unspecified atom stereocenters. The molecule has 33 heavy (non-hydrogen) atoms. The molecule has 10 heteroatoms. The van der Waals surface area contributed by atoms with Crippen LogP contribution in [0.4, 0.5) is 5.69 Å². The number of hydrogen-bond acceptors (Lipinski definition) is 6. The highest BCUT2D eigenvalue weighted by molar-refractivity contribution is 8.00. The number of hydrogen-bond donors (Lipinski definition) is 2. The summed E-state index contributed by atoms with van der Waals surface area (Å²) in [6, 6.07) is 13.4. The number of anilines is 1. The van der Waals surface area contributed by atoms with Gasteiger partial charge < -0.3 is 15.2 Å². The molecule has 8 nitrogen and oxygen atoms in total. The zero-order chi connectivity index (χ0) is 24.0. The van der Waals surface area contributed by atoms with E-state index in [0.29, 0.717) is 39.2 Å². The zero-order valence-electron chi connectivity index (χ0n) is 18.5. The van der Waals surface area contributed by atoms with Gasteiger partial charge in [0.15, 0.2) is 16.8 Å². The summed E-state index contributed by atoms with van der Waals surface area (Å²) >= 11 is 7.14. The van der Waals surface area contributed by atoms with Crippen LogP contribution in [0.25, 0.3) is 0 Å². The third kappa shape index (κ3) is 6.43. The second-order valence-corrected chi connectivity index (χ2v) is 8.89. The first kappa shape index (κ1) is 24.5. The number of nitrogens with one attached hydrogen (secondary N) is 2. The molecule has 0 saturated carbocycles. The van der Waals surface area contributed by atoms with Crippen LogP contribution in [0.3, 0.4) is 0 Å². The average Bonchev–Trinajstić information content (AvgIpc) is 3.15. The van der Waals surface area contributed by atoms with Crippen LogP contribution in [0.15, 0.2) is 53.7 Å². The Hall–Kier alpha value is -3.17. The van der Waals surface area contributed by atoms with Crippen LogP contribution in [-0.4, -0.2) is 37.6 Å². The van der Waals surface area contributed by atoms with Crippen molar-refractivity contribution in [1.29, 1.82) is 0 Å². The van der Waals surface area contributed by atoms with Crippen molar-refractivity contribution in [1.82, 2.24) is 20.1 Å². The minimum atomic E-state index is -0.412. The highest BCUT2D eigenvalue weighted by Gasteiger charge is 2.22. The number of benzene rings is 2. The Bertz CT molecular complexity index is 1160. The van der Waals surface area contributed by atoms with Gasteiger partial charge in [-0.25, -0.2) is 0 Å². The van der Waals surface area contributed by atoms with Crippen LogP contribution >= 0.6 is 23.4 Å². The number of thioether (sulfide) groups is 1. The fraction of sp³-hybridized carbons (Fsp3) is 0.261. The summed E-state index contributed by atoms with van der Waals surface area (Å²) < 4.78 is 1.75. The molecule has 3 aromatic rings. The van der Waals surface area contributed by atoms with E-state index in [9.17, 15) is 14.4 Å². The summed E-state index contributed by atoms with van der Waals surface area (Å²) in [5.41, 5.74) is 1.59. The lowest BCUT2D eigenvalue weighted by molar-refractivity contribution is -0.115. The van der Waals surface area contributed by atoms with Crippen LogP contribution < -0.4 is 10.6 Å². The van der Waals surface area contributed by atoms with Crippen LogP contribution in [0.1, 0.15) is 46.8 Å². The second-order valence-electron chi connectivity index (χ2n) is 7.29. The van der Waals surface area contributed by atoms with Crippen molar-refractivity contribution in [3.63, 3.8) is 0 Å². The number of Topliss-reactive ketones (excluding diaryl/α,β-unsaturated/α-hetero) is 1. The molecule has 0 aliphatic heterocycles. The van der Waals surface area contributed by atoms with Crippen molar-refractivity contribution in [2.45, 2.75) is 37.2 Å². The number of rotatable bonds is 9. The topological polar surface area (TPSA) is 106 Å². The Morgan fingerprint density at radius 1 is 1.09 bits per heavy atom. The van der Waals surface area contributed by atoms with E-state index in [-0.39, 0.29) is 24.1 Å². The van der Waals surface area contributed by atoms with E-state index in [1.54, 1.807) is 60.1 Å². The lowest BCUT2D eigenvalue weighted by Crippen LogP contribution is -2.25. The SMILES string of the molecule is CC[C@@H](Sc1nnc(CNC(=O)c2ccc(Cl)cc2)n1C)C(=O)Nc1cccc(C(C)=O)c1. The fourth-order valence-corrected chi connectivity index (χ4v) is 4.02. The standard InChI is InChI=1S/C23H24ClN5O3S/c1-4-19(22(32)26-18-7-5-6-16(12-18)14(2)30)33-23-28-27-20(29(23)3)13-25-21(31)15-8-10-17(24)11-9-15/h5-12,19H,4,13H2,1-3H3,(H,25,31)(H,26,32)/t19-/m1/s1. The smallest absolute Gasteiger partial charge is 0.251 e. The van der Waals surface area contributed by atoms with Crippen molar-refractivity contribution in [2.75, 3.05) is 5.32 Å². The van der Waals surface area contributed by atoms with Gasteiger partial charge >= 0.3 is 0 Å². The minimum Gasteiger partial charge on any atom is -0.345 e. The summed E-state index contributed by atoms with van der Waals surface area (Å²) in [7, 11) is 1.78. The van der Waals surface area contributed by atoms with Crippen molar-refractivity contribution >= 4 is 46.6 Å². The number of nitrogens with zero attached hydrogens (tertiary/aromatic N) is 3. The maximum atomic E-state index is 12.8. The van der Waals surface area contributed by atoms with Gasteiger partial charge in [0.2, 0.25) is 5.91 Å². The van der Waals surface area contributed by atoms with E-state index in [1.165, 1.54) is 18.7 Å². The first-order valence-corrected chi connectivity index (χ1v) is 11.5. The summed E-state index contributed by atoms with van der Waals surface area (Å²) in [5.74, 6) is 0.0535. The average molecular weight is 486 g/mol. The van der Waals surface area contributed by atoms with Gasteiger partial charge in [-0.3, -0.25) is 14.4 Å². The third-order valence-electron chi connectivity index (χ3n) is 4.89. The molecule has 0 aliphatic rings. The van der Waals surface area contributed by atoms with E-state index in [2.05, 4.69) is 20.8 Å². The molecule has 1 atom stereocenters. The van der Waals surface area contributed by atoms with Gasteiger partial charge in [-0.05, 0) is 49.7 Å². The molecule has 0 spiro atoms. The number of halogens is 1. The van der Waals surface area contributed by atoms with E-state index in [4.69, 9.17) is 11.6 Å². The molecule has 2 N–H and O–H groups in total. The van der Waals surface area contributed by atoms with Gasteiger partial charge in [0, 0.05) is 28.9 Å². The predicted molar refractivity (Wildman–Crippen MR) is 129 cm³/mol. The molecular weight excluding hydrogens is 462 g/mol. The number of amides is 2. The highest BCUT2D eigenvalue weighted by atomic mass is 35.5. The van der Waals surface area contributed by atoms with E-state index < -0.39 is 5.25 Å². The highest BCUT2D eigenvalue weighted by Crippen LogP contribution is 2.25.